The van der Waals surface area contributed by atoms with Gasteiger partial charge in [-0.15, -0.1) is 0 Å². The number of aryl methyl sites for hydroxylation is 1. The van der Waals surface area contributed by atoms with Crippen LogP contribution in [0.5, 0.6) is 0 Å². The molecule has 2 rings (SSSR count). The third kappa shape index (κ3) is 4.31. The number of nitrogens with one attached hydrogen (secondary N) is 4. The van der Waals surface area contributed by atoms with Gasteiger partial charge in [-0.25, -0.2) is 4.68 Å². The third-order valence-electron chi connectivity index (χ3n) is 3.70. The Labute approximate surface area is 140 Å². The summed E-state index contributed by atoms with van der Waals surface area (Å²) < 4.78 is 1.47. The molecule has 1 aliphatic heterocycles. The fourth-order valence-corrected chi connectivity index (χ4v) is 2.45. The number of aromatic nitrogens is 2. The van der Waals surface area contributed by atoms with Crippen LogP contribution in [0.25, 0.3) is 0 Å². The van der Waals surface area contributed by atoms with Crippen molar-refractivity contribution in [2.45, 2.75) is 52.4 Å². The Morgan fingerprint density at radius 1 is 1.38 bits per heavy atom. The van der Waals surface area contributed by atoms with Crippen LogP contribution in [0.3, 0.4) is 0 Å². The van der Waals surface area contributed by atoms with Crippen molar-refractivity contribution in [3.8, 4) is 0 Å². The van der Waals surface area contributed by atoms with Crippen LogP contribution in [-0.4, -0.2) is 40.1 Å². The van der Waals surface area contributed by atoms with Crippen LogP contribution in [0, 0.1) is 6.92 Å². The Morgan fingerprint density at radius 3 is 2.79 bits per heavy atom. The van der Waals surface area contributed by atoms with E-state index in [1.165, 1.54) is 4.68 Å². The molecule has 2 heterocycles. The maximum atomic E-state index is 12.0. The molecule has 24 heavy (non-hydrogen) atoms. The Morgan fingerprint density at radius 2 is 2.12 bits per heavy atom. The van der Waals surface area contributed by atoms with Crippen LogP contribution in [0.15, 0.2) is 6.07 Å². The highest BCUT2D eigenvalue weighted by molar-refractivity contribution is 6.39. The van der Waals surface area contributed by atoms with E-state index in [1.54, 1.807) is 13.0 Å². The molecule has 1 aliphatic rings. The molecule has 0 radical (unpaired) electrons. The Kier molecular flexibility index (Phi) is 5.91. The summed E-state index contributed by atoms with van der Waals surface area (Å²) in [6, 6.07) is 1.68. The number of anilines is 1. The Bertz CT molecular complexity index is 627. The molecule has 3 amide bonds. The largest absolute Gasteiger partial charge is 0.348 e. The molecule has 1 fully saturated rings. The van der Waals surface area contributed by atoms with Crippen molar-refractivity contribution in [1.29, 1.82) is 0 Å². The minimum Gasteiger partial charge on any atom is -0.348 e. The van der Waals surface area contributed by atoms with Crippen molar-refractivity contribution in [3.63, 3.8) is 0 Å². The molecule has 1 saturated heterocycles. The summed E-state index contributed by atoms with van der Waals surface area (Å²) >= 11 is 0. The smallest absolute Gasteiger partial charge is 0.314 e. The number of amides is 3. The number of hydrogen-bond acceptors (Lipinski definition) is 5. The Hall–Kier alpha value is -2.42. The standard InChI is InChI=1S/C15H24N6O3/c1-4-6-16-13(23)14(24)18-11-7-9(3)20-21(11)15-17-10(5-2)8-12(22)19-15/h7,10,15,17H,4-6,8H2,1-3H3,(H,16,23)(H,18,24)(H,19,22). The maximum absolute atomic E-state index is 12.0. The van der Waals surface area contributed by atoms with E-state index in [1.807, 2.05) is 13.8 Å². The molecule has 2 atom stereocenters. The van der Waals surface area contributed by atoms with E-state index in [9.17, 15) is 14.4 Å². The van der Waals surface area contributed by atoms with Crippen LogP contribution in [0.1, 0.15) is 45.1 Å². The summed E-state index contributed by atoms with van der Waals surface area (Å²) in [6.07, 6.45) is 1.37. The van der Waals surface area contributed by atoms with Gasteiger partial charge in [-0.2, -0.15) is 5.10 Å². The lowest BCUT2D eigenvalue weighted by atomic mass is 10.1. The zero-order valence-corrected chi connectivity index (χ0v) is 14.2. The summed E-state index contributed by atoms with van der Waals surface area (Å²) in [7, 11) is 0. The molecule has 0 aliphatic carbocycles. The zero-order valence-electron chi connectivity index (χ0n) is 14.2. The molecule has 0 bridgehead atoms. The van der Waals surface area contributed by atoms with Gasteiger partial charge in [0, 0.05) is 25.1 Å². The van der Waals surface area contributed by atoms with Crippen LogP contribution in [0.4, 0.5) is 5.82 Å². The minimum absolute atomic E-state index is 0.0321. The second-order valence-corrected chi connectivity index (χ2v) is 5.77. The lowest BCUT2D eigenvalue weighted by Crippen LogP contribution is -2.53. The van der Waals surface area contributed by atoms with Crippen molar-refractivity contribution in [2.75, 3.05) is 11.9 Å². The van der Waals surface area contributed by atoms with Gasteiger partial charge in [0.1, 0.15) is 5.82 Å². The molecule has 1 aromatic heterocycles. The number of carbonyl (C=O) groups excluding carboxylic acids is 3. The maximum Gasteiger partial charge on any atom is 0.314 e. The Balaban J connectivity index is 2.13. The van der Waals surface area contributed by atoms with Crippen molar-refractivity contribution in [1.82, 2.24) is 25.7 Å². The predicted molar refractivity (Wildman–Crippen MR) is 87.9 cm³/mol. The van der Waals surface area contributed by atoms with E-state index in [-0.39, 0.29) is 11.9 Å². The van der Waals surface area contributed by atoms with Gasteiger partial charge in [-0.05, 0) is 19.8 Å². The molecule has 0 aromatic carbocycles. The van der Waals surface area contributed by atoms with Gasteiger partial charge in [0.05, 0.1) is 5.69 Å². The van der Waals surface area contributed by atoms with Gasteiger partial charge in [-0.3, -0.25) is 19.7 Å². The number of hydrogen-bond donors (Lipinski definition) is 4. The highest BCUT2D eigenvalue weighted by atomic mass is 16.2. The van der Waals surface area contributed by atoms with Crippen molar-refractivity contribution < 1.29 is 14.4 Å². The van der Waals surface area contributed by atoms with E-state index >= 15 is 0 Å². The van der Waals surface area contributed by atoms with E-state index in [4.69, 9.17) is 0 Å². The summed E-state index contributed by atoms with van der Waals surface area (Å²) in [5, 5.41) is 15.4. The first-order valence-corrected chi connectivity index (χ1v) is 8.15. The van der Waals surface area contributed by atoms with Gasteiger partial charge in [0.25, 0.3) is 0 Å². The summed E-state index contributed by atoms with van der Waals surface area (Å²) in [5.74, 6) is -1.21. The molecule has 9 heteroatoms. The quantitative estimate of drug-likeness (QED) is 0.565. The van der Waals surface area contributed by atoms with Crippen LogP contribution in [-0.2, 0) is 14.4 Å². The fraction of sp³-hybridized carbons (Fsp3) is 0.600. The van der Waals surface area contributed by atoms with Gasteiger partial charge in [-0.1, -0.05) is 13.8 Å². The fourth-order valence-electron chi connectivity index (χ4n) is 2.45. The molecule has 1 aromatic rings. The third-order valence-corrected chi connectivity index (χ3v) is 3.70. The number of nitrogens with zero attached hydrogens (tertiary/aromatic N) is 2. The van der Waals surface area contributed by atoms with Gasteiger partial charge >= 0.3 is 11.8 Å². The molecule has 132 valence electrons. The lowest BCUT2D eigenvalue weighted by Gasteiger charge is -2.31. The molecular formula is C15H24N6O3. The van der Waals surface area contributed by atoms with Gasteiger partial charge < -0.3 is 16.0 Å². The number of carbonyl (C=O) groups is 3. The molecular weight excluding hydrogens is 312 g/mol. The SMILES string of the molecule is CCCNC(=O)C(=O)Nc1cc(C)nn1C1NC(=O)CC(CC)N1. The van der Waals surface area contributed by atoms with Crippen LogP contribution in [0.2, 0.25) is 0 Å². The van der Waals surface area contributed by atoms with Gasteiger partial charge in [0.2, 0.25) is 5.91 Å². The average molecular weight is 336 g/mol. The monoisotopic (exact) mass is 336 g/mol. The normalized spacial score (nSPS) is 20.4. The van der Waals surface area contributed by atoms with Crippen LogP contribution < -0.4 is 21.3 Å². The minimum atomic E-state index is -0.765. The molecule has 0 spiro atoms. The van der Waals surface area contributed by atoms with E-state index in [0.29, 0.717) is 24.5 Å². The first kappa shape index (κ1) is 17.9. The first-order valence-electron chi connectivity index (χ1n) is 8.15. The summed E-state index contributed by atoms with van der Waals surface area (Å²) in [5.41, 5.74) is 0.661. The van der Waals surface area contributed by atoms with E-state index in [0.717, 1.165) is 12.8 Å². The second kappa shape index (κ2) is 7.91. The predicted octanol–water partition coefficient (Wildman–Crippen LogP) is 0.000420. The highest BCUT2D eigenvalue weighted by Gasteiger charge is 2.28. The molecule has 2 unspecified atom stereocenters. The molecule has 0 saturated carbocycles. The average Bonchev–Trinajstić information content (AvgIpc) is 2.92. The summed E-state index contributed by atoms with van der Waals surface area (Å²) in [4.78, 5) is 35.5. The number of rotatable bonds is 5. The first-order chi connectivity index (χ1) is 11.4. The lowest BCUT2D eigenvalue weighted by molar-refractivity contribution is -0.136. The van der Waals surface area contributed by atoms with Crippen molar-refractivity contribution >= 4 is 23.5 Å². The second-order valence-electron chi connectivity index (χ2n) is 5.77. The topological polar surface area (TPSA) is 117 Å². The molecule has 9 nitrogen and oxygen atoms in total. The van der Waals surface area contributed by atoms with Crippen molar-refractivity contribution in [3.05, 3.63) is 11.8 Å². The highest BCUT2D eigenvalue weighted by Crippen LogP contribution is 2.18. The molecule has 4 N–H and O–H groups in total. The van der Waals surface area contributed by atoms with E-state index in [2.05, 4.69) is 26.4 Å². The van der Waals surface area contributed by atoms with Gasteiger partial charge in [0.15, 0.2) is 6.29 Å². The van der Waals surface area contributed by atoms with E-state index < -0.39 is 18.1 Å². The van der Waals surface area contributed by atoms with Crippen LogP contribution >= 0.6 is 0 Å². The summed E-state index contributed by atoms with van der Waals surface area (Å²) in [6.45, 7) is 6.09. The zero-order chi connectivity index (χ0) is 17.7. The van der Waals surface area contributed by atoms with Crippen molar-refractivity contribution in [2.24, 2.45) is 0 Å².